The number of anilines is 1. The van der Waals surface area contributed by atoms with E-state index in [0.717, 1.165) is 6.54 Å². The molecule has 5 rings (SSSR count). The lowest BCUT2D eigenvalue weighted by molar-refractivity contribution is -2.00. The quantitative estimate of drug-likeness (QED) is 0.382. The molecule has 2 heterocycles. The summed E-state index contributed by atoms with van der Waals surface area (Å²) in [6, 6.07) is 34.5. The SMILES string of the molecule is CCN1C(=Cc2cc(-c3ccccc3)[n+](C)c(-c3ccccc3)c2)Sc2ccccc21.[O-][Cl+3]([O-])([O-])[O-]. The molecule has 8 heteroatoms. The smallest absolute Gasteiger partial charge is 0.213 e. The molecular weight excluding hydrogens is 496 g/mol. The molecule has 3 aromatic carbocycles. The minimum absolute atomic E-state index is 0.952. The maximum absolute atomic E-state index is 8.49. The fraction of sp³-hybridized carbons (Fsp3) is 0.107. The van der Waals surface area contributed by atoms with E-state index in [4.69, 9.17) is 18.6 Å². The van der Waals surface area contributed by atoms with Crippen LogP contribution in [0, 0.1) is 10.2 Å². The lowest BCUT2D eigenvalue weighted by Gasteiger charge is -2.18. The fourth-order valence-corrected chi connectivity index (χ4v) is 5.35. The molecule has 1 aliphatic heterocycles. The Morgan fingerprint density at radius 3 is 1.75 bits per heavy atom. The van der Waals surface area contributed by atoms with Crippen LogP contribution in [0.1, 0.15) is 12.5 Å². The lowest BCUT2D eigenvalue weighted by atomic mass is 10.0. The van der Waals surface area contributed by atoms with E-state index in [9.17, 15) is 0 Å². The maximum Gasteiger partial charge on any atom is 0.213 e. The average molecular weight is 521 g/mol. The number of thioether (sulfide) groups is 1. The van der Waals surface area contributed by atoms with Gasteiger partial charge in [0, 0.05) is 34.7 Å². The minimum atomic E-state index is -4.94. The molecule has 0 saturated heterocycles. The monoisotopic (exact) mass is 520 g/mol. The van der Waals surface area contributed by atoms with Crippen molar-refractivity contribution in [2.75, 3.05) is 11.4 Å². The summed E-state index contributed by atoms with van der Waals surface area (Å²) in [7, 11) is -2.79. The summed E-state index contributed by atoms with van der Waals surface area (Å²) in [5.74, 6) is 0. The Bertz CT molecular complexity index is 1290. The summed E-state index contributed by atoms with van der Waals surface area (Å²) in [6.45, 7) is 3.17. The molecule has 0 radical (unpaired) electrons. The molecule has 0 amide bonds. The van der Waals surface area contributed by atoms with E-state index in [1.807, 2.05) is 11.8 Å². The number of hydrogen-bond donors (Lipinski definition) is 0. The first-order chi connectivity index (χ1) is 17.2. The van der Waals surface area contributed by atoms with Crippen molar-refractivity contribution in [1.29, 1.82) is 0 Å². The molecule has 184 valence electrons. The number of benzene rings is 3. The molecule has 0 aliphatic carbocycles. The van der Waals surface area contributed by atoms with E-state index in [1.54, 1.807) is 0 Å². The summed E-state index contributed by atoms with van der Waals surface area (Å²) < 4.78 is 36.3. The summed E-state index contributed by atoms with van der Waals surface area (Å²) in [5.41, 5.74) is 7.36. The number of rotatable bonds is 4. The highest BCUT2D eigenvalue weighted by Crippen LogP contribution is 2.46. The number of aromatic nitrogens is 1. The van der Waals surface area contributed by atoms with Gasteiger partial charge in [-0.3, -0.25) is 0 Å². The first-order valence-electron chi connectivity index (χ1n) is 11.3. The van der Waals surface area contributed by atoms with E-state index >= 15 is 0 Å². The number of para-hydroxylation sites is 1. The van der Waals surface area contributed by atoms with Crippen molar-refractivity contribution >= 4 is 23.5 Å². The van der Waals surface area contributed by atoms with Crippen molar-refractivity contribution < 1.29 is 33.4 Å². The highest BCUT2D eigenvalue weighted by molar-refractivity contribution is 8.03. The van der Waals surface area contributed by atoms with Crippen molar-refractivity contribution in [1.82, 2.24) is 0 Å². The second kappa shape index (κ2) is 11.3. The van der Waals surface area contributed by atoms with Crippen LogP contribution in [0.2, 0.25) is 0 Å². The Kier molecular flexibility index (Phi) is 8.11. The van der Waals surface area contributed by atoms with Crippen LogP contribution in [0.4, 0.5) is 5.69 Å². The fourth-order valence-electron chi connectivity index (χ4n) is 4.17. The average Bonchev–Trinajstić information content (AvgIpc) is 3.22. The molecule has 0 bridgehead atoms. The van der Waals surface area contributed by atoms with Crippen LogP contribution in [-0.4, -0.2) is 6.54 Å². The molecule has 1 aliphatic rings. The van der Waals surface area contributed by atoms with Gasteiger partial charge in [-0.25, -0.2) is 18.6 Å². The normalized spacial score (nSPS) is 13.8. The van der Waals surface area contributed by atoms with Gasteiger partial charge in [-0.2, -0.15) is 4.57 Å². The molecule has 6 nitrogen and oxygen atoms in total. The Morgan fingerprint density at radius 1 is 0.778 bits per heavy atom. The largest absolute Gasteiger partial charge is 0.335 e. The van der Waals surface area contributed by atoms with E-state index in [-0.39, 0.29) is 0 Å². The standard InChI is InChI=1S/C28H25N2S.ClHO4/c1-3-30-24-16-10-11-17-27(24)31-28(30)20-21-18-25(22-12-6-4-7-13-22)29(2)26(19-21)23-14-8-5-9-15-23;2-1(3,4)5/h4-20H,3H2,1-2H3;(H,2,3,4,5)/q+1;/p-1. The number of pyridine rings is 1. The van der Waals surface area contributed by atoms with Crippen LogP contribution in [0.25, 0.3) is 28.6 Å². The molecule has 0 spiro atoms. The van der Waals surface area contributed by atoms with Gasteiger partial charge >= 0.3 is 0 Å². The molecular formula is C28H25ClN2O4S. The number of nitrogens with zero attached hydrogens (tertiary/aromatic N) is 2. The number of hydrogen-bond acceptors (Lipinski definition) is 6. The molecule has 0 atom stereocenters. The van der Waals surface area contributed by atoms with Gasteiger partial charge in [0.1, 0.15) is 7.05 Å². The molecule has 1 aromatic heterocycles. The number of fused-ring (bicyclic) bond motifs is 1. The van der Waals surface area contributed by atoms with Gasteiger partial charge in [0.05, 0.1) is 10.7 Å². The Hall–Kier alpha value is -3.17. The van der Waals surface area contributed by atoms with Crippen LogP contribution < -0.4 is 28.1 Å². The van der Waals surface area contributed by atoms with Gasteiger partial charge in [0.25, 0.3) is 0 Å². The van der Waals surface area contributed by atoms with Crippen molar-refractivity contribution in [3.8, 4) is 22.5 Å². The lowest BCUT2D eigenvalue weighted by Crippen LogP contribution is -2.68. The first kappa shape index (κ1) is 25.9. The summed E-state index contributed by atoms with van der Waals surface area (Å²) in [5, 5.41) is 1.27. The van der Waals surface area contributed by atoms with Gasteiger partial charge in [-0.05, 0) is 55.0 Å². The Balaban J connectivity index is 0.000000556. The summed E-state index contributed by atoms with van der Waals surface area (Å²) >= 11 is 1.85. The summed E-state index contributed by atoms with van der Waals surface area (Å²) in [6.07, 6.45) is 2.33. The van der Waals surface area contributed by atoms with Crippen molar-refractivity contribution in [2.24, 2.45) is 7.05 Å². The zero-order valence-electron chi connectivity index (χ0n) is 19.8. The van der Waals surface area contributed by atoms with E-state index in [1.165, 1.54) is 43.7 Å². The highest BCUT2D eigenvalue weighted by Gasteiger charge is 2.24. The predicted molar refractivity (Wildman–Crippen MR) is 132 cm³/mol. The first-order valence-corrected chi connectivity index (χ1v) is 13.3. The third-order valence-corrected chi connectivity index (χ3v) is 6.82. The Morgan fingerprint density at radius 2 is 1.25 bits per heavy atom. The molecule has 0 fully saturated rings. The molecule has 36 heavy (non-hydrogen) atoms. The minimum Gasteiger partial charge on any atom is -0.335 e. The van der Waals surface area contributed by atoms with Gasteiger partial charge in [0.2, 0.25) is 11.4 Å². The Labute approximate surface area is 217 Å². The predicted octanol–water partition coefficient (Wildman–Crippen LogP) is 2.02. The highest BCUT2D eigenvalue weighted by atomic mass is 35.7. The third kappa shape index (κ3) is 6.33. The second-order valence-corrected chi connectivity index (χ2v) is 9.84. The second-order valence-electron chi connectivity index (χ2n) is 8.02. The van der Waals surface area contributed by atoms with Crippen molar-refractivity contribution in [2.45, 2.75) is 11.8 Å². The number of halogens is 1. The molecule has 4 aromatic rings. The summed E-state index contributed by atoms with van der Waals surface area (Å²) in [4.78, 5) is 3.72. The molecule has 0 N–H and O–H groups in total. The van der Waals surface area contributed by atoms with E-state index < -0.39 is 10.2 Å². The van der Waals surface area contributed by atoms with Crippen LogP contribution in [-0.2, 0) is 7.05 Å². The van der Waals surface area contributed by atoms with Crippen molar-refractivity contribution in [3.63, 3.8) is 0 Å². The van der Waals surface area contributed by atoms with E-state index in [0.29, 0.717) is 0 Å². The van der Waals surface area contributed by atoms with Crippen LogP contribution in [0.3, 0.4) is 0 Å². The van der Waals surface area contributed by atoms with Crippen molar-refractivity contribution in [3.05, 3.63) is 108 Å². The van der Waals surface area contributed by atoms with Crippen LogP contribution >= 0.6 is 11.8 Å². The van der Waals surface area contributed by atoms with E-state index in [2.05, 4.69) is 127 Å². The zero-order valence-corrected chi connectivity index (χ0v) is 21.4. The maximum atomic E-state index is 8.49. The van der Waals surface area contributed by atoms with Crippen LogP contribution in [0.5, 0.6) is 0 Å². The zero-order chi connectivity index (χ0) is 25.7. The van der Waals surface area contributed by atoms with Gasteiger partial charge in [0.15, 0.2) is 0 Å². The third-order valence-electron chi connectivity index (χ3n) is 5.71. The van der Waals surface area contributed by atoms with Gasteiger partial charge in [-0.15, -0.1) is 10.2 Å². The molecule has 0 unspecified atom stereocenters. The molecule has 0 saturated carbocycles. The van der Waals surface area contributed by atoms with Gasteiger partial charge in [-0.1, -0.05) is 60.3 Å². The van der Waals surface area contributed by atoms with Gasteiger partial charge < -0.3 is 4.90 Å². The van der Waals surface area contributed by atoms with Crippen LogP contribution in [0.15, 0.2) is 107 Å². The topological polar surface area (TPSA) is 99.4 Å².